The molecule has 0 spiro atoms. The molecular weight excluding hydrogens is 288 g/mol. The number of hydrazine groups is 1. The van der Waals surface area contributed by atoms with Crippen molar-refractivity contribution in [1.29, 1.82) is 0 Å². The lowest BCUT2D eigenvalue weighted by Crippen LogP contribution is -2.14. The minimum atomic E-state index is 0.465. The van der Waals surface area contributed by atoms with Gasteiger partial charge in [-0.25, -0.2) is 9.97 Å². The van der Waals surface area contributed by atoms with Crippen molar-refractivity contribution in [3.63, 3.8) is 0 Å². The summed E-state index contributed by atoms with van der Waals surface area (Å²) in [7, 11) is 0. The average Bonchev–Trinajstić information content (AvgIpc) is 2.61. The molecule has 1 heterocycles. The van der Waals surface area contributed by atoms with Crippen LogP contribution in [0, 0.1) is 0 Å². The highest BCUT2D eigenvalue weighted by Crippen LogP contribution is 2.23. The fourth-order valence-corrected chi connectivity index (χ4v) is 2.07. The first-order chi connectivity index (χ1) is 11.3. The Bertz CT molecular complexity index is 684. The summed E-state index contributed by atoms with van der Waals surface area (Å²) in [6.07, 6.45) is 1.47. The maximum atomic E-state index is 6.12. The van der Waals surface area contributed by atoms with Gasteiger partial charge in [0.25, 0.3) is 0 Å². The van der Waals surface area contributed by atoms with Gasteiger partial charge in [0.1, 0.15) is 12.0 Å². The van der Waals surface area contributed by atoms with Crippen LogP contribution in [0.15, 0.2) is 67.0 Å². The Morgan fingerprint density at radius 3 is 2.17 bits per heavy atom. The van der Waals surface area contributed by atoms with Gasteiger partial charge in [-0.15, -0.1) is 0 Å². The monoisotopic (exact) mass is 306 g/mol. The van der Waals surface area contributed by atoms with Crippen LogP contribution in [0.1, 0.15) is 5.56 Å². The van der Waals surface area contributed by atoms with Gasteiger partial charge < -0.3 is 11.1 Å². The van der Waals surface area contributed by atoms with E-state index in [0.717, 1.165) is 11.3 Å². The summed E-state index contributed by atoms with van der Waals surface area (Å²) in [6.45, 7) is 0.646. The van der Waals surface area contributed by atoms with E-state index in [9.17, 15) is 0 Å². The summed E-state index contributed by atoms with van der Waals surface area (Å²) in [5.74, 6) is 1.13. The molecule has 0 aliphatic carbocycles. The fourth-order valence-electron chi connectivity index (χ4n) is 2.07. The van der Waals surface area contributed by atoms with E-state index < -0.39 is 0 Å². The molecule has 5 N–H and O–H groups in total. The van der Waals surface area contributed by atoms with Crippen LogP contribution in [-0.4, -0.2) is 9.97 Å². The quantitative estimate of drug-likeness (QED) is 0.523. The third-order valence-corrected chi connectivity index (χ3v) is 3.29. The molecule has 0 fully saturated rings. The Hall–Kier alpha value is -3.28. The summed E-state index contributed by atoms with van der Waals surface area (Å²) in [5.41, 5.74) is 14.7. The number of hydrogen-bond donors (Lipinski definition) is 4. The fraction of sp³-hybridized carbons (Fsp3) is 0.0588. The average molecular weight is 306 g/mol. The van der Waals surface area contributed by atoms with Gasteiger partial charge in [-0.1, -0.05) is 48.5 Å². The van der Waals surface area contributed by atoms with Crippen LogP contribution in [0.25, 0.3) is 0 Å². The van der Waals surface area contributed by atoms with Crippen LogP contribution in [0.3, 0.4) is 0 Å². The third-order valence-electron chi connectivity index (χ3n) is 3.29. The molecule has 116 valence electrons. The van der Waals surface area contributed by atoms with Crippen LogP contribution in [-0.2, 0) is 6.54 Å². The van der Waals surface area contributed by atoms with Crippen molar-refractivity contribution in [3.05, 3.63) is 72.6 Å². The van der Waals surface area contributed by atoms with Crippen molar-refractivity contribution in [1.82, 2.24) is 9.97 Å². The van der Waals surface area contributed by atoms with Crippen LogP contribution in [0.4, 0.5) is 23.0 Å². The van der Waals surface area contributed by atoms with Crippen molar-refractivity contribution >= 4 is 23.0 Å². The molecule has 0 bridgehead atoms. The lowest BCUT2D eigenvalue weighted by molar-refractivity contribution is 1.08. The first-order valence-electron chi connectivity index (χ1n) is 7.28. The van der Waals surface area contributed by atoms with Gasteiger partial charge in [-0.3, -0.25) is 10.9 Å². The van der Waals surface area contributed by atoms with Crippen LogP contribution >= 0.6 is 0 Å². The van der Waals surface area contributed by atoms with E-state index >= 15 is 0 Å². The van der Waals surface area contributed by atoms with Crippen molar-refractivity contribution in [2.75, 3.05) is 21.9 Å². The number of rotatable bonds is 6. The maximum Gasteiger partial charge on any atom is 0.173 e. The van der Waals surface area contributed by atoms with E-state index in [1.807, 2.05) is 60.7 Å². The predicted octanol–water partition coefficient (Wildman–Crippen LogP) is 3.11. The molecule has 3 aromatic rings. The molecule has 6 heteroatoms. The molecule has 0 saturated carbocycles. The van der Waals surface area contributed by atoms with Gasteiger partial charge in [-0.05, 0) is 17.7 Å². The van der Waals surface area contributed by atoms with Gasteiger partial charge in [0.05, 0.1) is 5.69 Å². The SMILES string of the molecule is Nc1c(NCc2ccccc2)ncnc1NNc1ccccc1. The van der Waals surface area contributed by atoms with Gasteiger partial charge in [0, 0.05) is 6.54 Å². The van der Waals surface area contributed by atoms with E-state index in [2.05, 4.69) is 26.1 Å². The van der Waals surface area contributed by atoms with Crippen LogP contribution in [0.2, 0.25) is 0 Å². The van der Waals surface area contributed by atoms with Crippen molar-refractivity contribution in [2.24, 2.45) is 0 Å². The second kappa shape index (κ2) is 7.13. The molecule has 0 atom stereocenters. The Labute approximate surface area is 134 Å². The highest BCUT2D eigenvalue weighted by molar-refractivity contribution is 5.74. The Morgan fingerprint density at radius 1 is 0.783 bits per heavy atom. The normalized spacial score (nSPS) is 10.1. The number of aromatic nitrogens is 2. The summed E-state index contributed by atoms with van der Waals surface area (Å²) in [5, 5.41) is 3.22. The molecular formula is C17H18N6. The number of benzene rings is 2. The smallest absolute Gasteiger partial charge is 0.173 e. The molecule has 0 saturated heterocycles. The van der Waals surface area contributed by atoms with Crippen molar-refractivity contribution in [2.45, 2.75) is 6.54 Å². The minimum Gasteiger partial charge on any atom is -0.393 e. The summed E-state index contributed by atoms with van der Waals surface area (Å²) < 4.78 is 0. The second-order valence-corrected chi connectivity index (χ2v) is 4.94. The van der Waals surface area contributed by atoms with Gasteiger partial charge in [0.2, 0.25) is 0 Å². The lowest BCUT2D eigenvalue weighted by atomic mass is 10.2. The maximum absolute atomic E-state index is 6.12. The Morgan fingerprint density at radius 2 is 1.43 bits per heavy atom. The minimum absolute atomic E-state index is 0.465. The van der Waals surface area contributed by atoms with Crippen LogP contribution in [0.5, 0.6) is 0 Å². The molecule has 0 aliphatic rings. The van der Waals surface area contributed by atoms with Crippen LogP contribution < -0.4 is 21.9 Å². The zero-order valence-corrected chi connectivity index (χ0v) is 12.5. The topological polar surface area (TPSA) is 87.9 Å². The Kier molecular flexibility index (Phi) is 4.54. The highest BCUT2D eigenvalue weighted by atomic mass is 15.4. The number of nitrogens with two attached hydrogens (primary N) is 1. The summed E-state index contributed by atoms with van der Waals surface area (Å²) in [6, 6.07) is 19.8. The van der Waals surface area contributed by atoms with Crippen molar-refractivity contribution < 1.29 is 0 Å². The first-order valence-corrected chi connectivity index (χ1v) is 7.28. The predicted molar refractivity (Wildman–Crippen MR) is 93.9 cm³/mol. The summed E-state index contributed by atoms with van der Waals surface area (Å²) >= 11 is 0. The standard InChI is InChI=1S/C17H18N6/c18-15-16(19-11-13-7-3-1-4-8-13)20-12-21-17(15)23-22-14-9-5-2-6-10-14/h1-10,12,22H,11,18H2,(H2,19,20,21,23). The molecule has 0 aliphatic heterocycles. The molecule has 23 heavy (non-hydrogen) atoms. The number of nitrogens with one attached hydrogen (secondary N) is 3. The number of hydrogen-bond acceptors (Lipinski definition) is 6. The van der Waals surface area contributed by atoms with Crippen molar-refractivity contribution in [3.8, 4) is 0 Å². The summed E-state index contributed by atoms with van der Waals surface area (Å²) in [4.78, 5) is 8.35. The Balaban J connectivity index is 1.66. The third kappa shape index (κ3) is 3.88. The first kappa shape index (κ1) is 14.6. The molecule has 0 unspecified atom stereocenters. The zero-order valence-electron chi connectivity index (χ0n) is 12.5. The van der Waals surface area contributed by atoms with E-state index in [0.29, 0.717) is 23.9 Å². The number of nitrogens with zero attached hydrogens (tertiary/aromatic N) is 2. The molecule has 2 aromatic carbocycles. The van der Waals surface area contributed by atoms with E-state index in [-0.39, 0.29) is 0 Å². The molecule has 0 amide bonds. The second-order valence-electron chi connectivity index (χ2n) is 4.94. The van der Waals surface area contributed by atoms with Gasteiger partial charge in [-0.2, -0.15) is 0 Å². The number of anilines is 4. The van der Waals surface area contributed by atoms with E-state index in [1.54, 1.807) is 0 Å². The molecule has 1 aromatic heterocycles. The molecule has 6 nitrogen and oxygen atoms in total. The zero-order chi connectivity index (χ0) is 15.9. The number of nitrogen functional groups attached to an aromatic ring is 1. The molecule has 3 rings (SSSR count). The molecule has 0 radical (unpaired) electrons. The van der Waals surface area contributed by atoms with Gasteiger partial charge >= 0.3 is 0 Å². The van der Waals surface area contributed by atoms with Gasteiger partial charge in [0.15, 0.2) is 11.6 Å². The largest absolute Gasteiger partial charge is 0.393 e. The highest BCUT2D eigenvalue weighted by Gasteiger charge is 2.07. The lowest BCUT2D eigenvalue weighted by Gasteiger charge is -2.13. The number of para-hydroxylation sites is 1. The van der Waals surface area contributed by atoms with E-state index in [1.165, 1.54) is 6.33 Å². The van der Waals surface area contributed by atoms with E-state index in [4.69, 9.17) is 5.73 Å².